The van der Waals surface area contributed by atoms with Crippen LogP contribution in [0, 0.1) is 0 Å². The molecule has 120 valence electrons. The van der Waals surface area contributed by atoms with Crippen molar-refractivity contribution in [2.24, 2.45) is 0 Å². The molecular formula is C16H34O3Si. The molecule has 1 N–H and O–H groups in total. The van der Waals surface area contributed by atoms with Crippen LogP contribution in [0.5, 0.6) is 0 Å². The van der Waals surface area contributed by atoms with Gasteiger partial charge in [-0.3, -0.25) is 0 Å². The van der Waals surface area contributed by atoms with Gasteiger partial charge in [-0.2, -0.15) is 0 Å². The molecule has 20 heavy (non-hydrogen) atoms. The molecule has 3 nitrogen and oxygen atoms in total. The summed E-state index contributed by atoms with van der Waals surface area (Å²) < 4.78 is 11.8. The highest BCUT2D eigenvalue weighted by Crippen LogP contribution is 2.35. The third-order valence-electron chi connectivity index (χ3n) is 4.23. The van der Waals surface area contributed by atoms with Gasteiger partial charge in [-0.05, 0) is 25.7 Å². The number of hydrogen-bond acceptors (Lipinski definition) is 3. The zero-order valence-corrected chi connectivity index (χ0v) is 14.5. The molecule has 0 aromatic carbocycles. The molecule has 0 bridgehead atoms. The minimum Gasteiger partial charge on any atom is -0.390 e. The fraction of sp³-hybridized carbons (Fsp3) is 1.00. The lowest BCUT2D eigenvalue weighted by molar-refractivity contribution is 0.0800. The van der Waals surface area contributed by atoms with Gasteiger partial charge in [-0.1, -0.05) is 58.8 Å². The van der Waals surface area contributed by atoms with Gasteiger partial charge in [-0.25, -0.2) is 0 Å². The van der Waals surface area contributed by atoms with Crippen LogP contribution in [-0.2, 0) is 8.85 Å². The molecule has 0 spiro atoms. The van der Waals surface area contributed by atoms with E-state index in [-0.39, 0.29) is 5.54 Å². The summed E-state index contributed by atoms with van der Waals surface area (Å²) in [6.07, 6.45) is 12.8. The topological polar surface area (TPSA) is 38.7 Å². The van der Waals surface area contributed by atoms with E-state index >= 15 is 0 Å². The van der Waals surface area contributed by atoms with Crippen LogP contribution >= 0.6 is 0 Å². The monoisotopic (exact) mass is 302 g/mol. The number of rotatable bonds is 9. The van der Waals surface area contributed by atoms with Crippen molar-refractivity contribution in [1.82, 2.24) is 0 Å². The second-order valence-electron chi connectivity index (χ2n) is 6.08. The molecule has 4 heteroatoms. The van der Waals surface area contributed by atoms with E-state index in [9.17, 15) is 4.80 Å². The average Bonchev–Trinajstić information content (AvgIpc) is 2.38. The largest absolute Gasteiger partial charge is 0.501 e. The van der Waals surface area contributed by atoms with E-state index in [4.69, 9.17) is 8.85 Å². The Bertz CT molecular complexity index is 218. The molecule has 1 aliphatic carbocycles. The molecule has 0 amide bonds. The lowest BCUT2D eigenvalue weighted by atomic mass is 10.0. The van der Waals surface area contributed by atoms with E-state index in [1.165, 1.54) is 32.1 Å². The van der Waals surface area contributed by atoms with Crippen LogP contribution < -0.4 is 0 Å². The summed E-state index contributed by atoms with van der Waals surface area (Å²) in [6, 6.07) is 0. The fourth-order valence-corrected chi connectivity index (χ4v) is 5.39. The van der Waals surface area contributed by atoms with Crippen molar-refractivity contribution in [1.29, 1.82) is 0 Å². The molecule has 0 aliphatic heterocycles. The highest BCUT2D eigenvalue weighted by atomic mass is 28.4. The predicted octanol–water partition coefficient (Wildman–Crippen LogP) is 4.67. The summed E-state index contributed by atoms with van der Waals surface area (Å²) in [4.78, 5) is 11.0. The minimum absolute atomic E-state index is 0.275. The maximum atomic E-state index is 11.0. The van der Waals surface area contributed by atoms with E-state index < -0.39 is 8.80 Å². The summed E-state index contributed by atoms with van der Waals surface area (Å²) in [5.74, 6) is 0. The standard InChI is InChI=1S/C16H34O3Si/c1-3-5-14-18-20(17,19-15-6-4-2)16-12-10-8-7-9-11-13-16/h16-17H,3-15H2,1-2H3. The zero-order valence-electron chi connectivity index (χ0n) is 13.5. The average molecular weight is 303 g/mol. The first-order chi connectivity index (χ1) is 9.73. The molecule has 0 saturated heterocycles. The molecule has 0 heterocycles. The Labute approximate surface area is 126 Å². The molecule has 1 aliphatic rings. The van der Waals surface area contributed by atoms with Gasteiger partial charge in [0.1, 0.15) is 0 Å². The Morgan fingerprint density at radius 3 is 1.75 bits per heavy atom. The van der Waals surface area contributed by atoms with Crippen LogP contribution in [0.1, 0.15) is 84.5 Å². The summed E-state index contributed by atoms with van der Waals surface area (Å²) in [5.41, 5.74) is 0.275. The predicted molar refractivity (Wildman–Crippen MR) is 85.8 cm³/mol. The van der Waals surface area contributed by atoms with E-state index in [0.717, 1.165) is 38.5 Å². The highest BCUT2D eigenvalue weighted by molar-refractivity contribution is 6.61. The van der Waals surface area contributed by atoms with E-state index in [2.05, 4.69) is 13.8 Å². The smallest absolute Gasteiger partial charge is 0.390 e. The van der Waals surface area contributed by atoms with Gasteiger partial charge in [0.2, 0.25) is 0 Å². The molecule has 1 rings (SSSR count). The van der Waals surface area contributed by atoms with Crippen molar-refractivity contribution in [2.75, 3.05) is 13.2 Å². The third-order valence-corrected chi connectivity index (χ3v) is 7.08. The SMILES string of the molecule is CCCCO[Si](O)(OCCCC)C1CCCCCCC1. The summed E-state index contributed by atoms with van der Waals surface area (Å²) in [6.45, 7) is 5.61. The van der Waals surface area contributed by atoms with Crippen LogP contribution in [0.25, 0.3) is 0 Å². The lowest BCUT2D eigenvalue weighted by Gasteiger charge is -2.33. The van der Waals surface area contributed by atoms with Crippen molar-refractivity contribution < 1.29 is 13.6 Å². The van der Waals surface area contributed by atoms with Gasteiger partial charge in [0.15, 0.2) is 0 Å². The first kappa shape index (κ1) is 18.1. The second kappa shape index (κ2) is 10.8. The number of unbranched alkanes of at least 4 members (excludes halogenated alkanes) is 2. The van der Waals surface area contributed by atoms with Gasteiger partial charge in [0.25, 0.3) is 0 Å². The first-order valence-electron chi connectivity index (χ1n) is 8.73. The van der Waals surface area contributed by atoms with Crippen molar-refractivity contribution in [2.45, 2.75) is 90.0 Å². The van der Waals surface area contributed by atoms with Gasteiger partial charge in [0, 0.05) is 18.8 Å². The summed E-state index contributed by atoms with van der Waals surface area (Å²) >= 11 is 0. The van der Waals surface area contributed by atoms with E-state index in [1.54, 1.807) is 0 Å². The highest BCUT2D eigenvalue weighted by Gasteiger charge is 2.45. The van der Waals surface area contributed by atoms with Crippen LogP contribution in [-0.4, -0.2) is 26.8 Å². The Morgan fingerprint density at radius 1 is 0.850 bits per heavy atom. The van der Waals surface area contributed by atoms with Gasteiger partial charge >= 0.3 is 8.80 Å². The van der Waals surface area contributed by atoms with Gasteiger partial charge in [0.05, 0.1) is 0 Å². The van der Waals surface area contributed by atoms with E-state index in [1.807, 2.05) is 0 Å². The van der Waals surface area contributed by atoms with Crippen LogP contribution in [0.2, 0.25) is 5.54 Å². The first-order valence-corrected chi connectivity index (χ1v) is 10.6. The molecule has 1 saturated carbocycles. The van der Waals surface area contributed by atoms with Crippen molar-refractivity contribution in [3.05, 3.63) is 0 Å². The fourth-order valence-electron chi connectivity index (χ4n) is 2.82. The molecule has 0 atom stereocenters. The third kappa shape index (κ3) is 6.70. The molecule has 0 aromatic heterocycles. The van der Waals surface area contributed by atoms with Gasteiger partial charge in [-0.15, -0.1) is 0 Å². The van der Waals surface area contributed by atoms with Crippen LogP contribution in [0.3, 0.4) is 0 Å². The van der Waals surface area contributed by atoms with Crippen LogP contribution in [0.15, 0.2) is 0 Å². The van der Waals surface area contributed by atoms with Crippen LogP contribution in [0.4, 0.5) is 0 Å². The van der Waals surface area contributed by atoms with Crippen molar-refractivity contribution in [3.63, 3.8) is 0 Å². The second-order valence-corrected chi connectivity index (χ2v) is 8.73. The maximum Gasteiger partial charge on any atom is 0.501 e. The van der Waals surface area contributed by atoms with E-state index in [0.29, 0.717) is 13.2 Å². The molecule has 0 aromatic rings. The Hall–Kier alpha value is 0.0969. The number of hydrogen-bond donors (Lipinski definition) is 1. The van der Waals surface area contributed by atoms with Crippen molar-refractivity contribution >= 4 is 8.80 Å². The Balaban J connectivity index is 2.56. The Kier molecular flexibility index (Phi) is 9.77. The Morgan fingerprint density at radius 2 is 1.30 bits per heavy atom. The van der Waals surface area contributed by atoms with Gasteiger partial charge < -0.3 is 13.6 Å². The minimum atomic E-state index is -2.98. The zero-order chi connectivity index (χ0) is 14.7. The summed E-state index contributed by atoms with van der Waals surface area (Å²) in [5, 5.41) is 0. The summed E-state index contributed by atoms with van der Waals surface area (Å²) in [7, 11) is -2.98. The quantitative estimate of drug-likeness (QED) is 0.497. The molecular weight excluding hydrogens is 268 g/mol. The molecule has 0 unspecified atom stereocenters. The lowest BCUT2D eigenvalue weighted by Crippen LogP contribution is -2.48. The maximum absolute atomic E-state index is 11.0. The molecule has 0 radical (unpaired) electrons. The molecule has 1 fully saturated rings. The van der Waals surface area contributed by atoms with Crippen molar-refractivity contribution in [3.8, 4) is 0 Å². The normalized spacial score (nSPS) is 18.8.